The Kier molecular flexibility index (Phi) is 4.05. The lowest BCUT2D eigenvalue weighted by atomic mass is 9.88. The van der Waals surface area contributed by atoms with Gasteiger partial charge in [-0.1, -0.05) is 13.8 Å². The highest BCUT2D eigenvalue weighted by atomic mass is 16.2. The van der Waals surface area contributed by atoms with Crippen LogP contribution < -0.4 is 5.73 Å². The highest BCUT2D eigenvalue weighted by molar-refractivity contribution is 5.95. The highest BCUT2D eigenvalue weighted by Gasteiger charge is 2.47. The third-order valence-electron chi connectivity index (χ3n) is 4.14. The molecule has 5 nitrogen and oxygen atoms in total. The molecule has 0 atom stereocenters. The second-order valence-electron chi connectivity index (χ2n) is 5.61. The average Bonchev–Trinajstić information content (AvgIpc) is 2.34. The van der Waals surface area contributed by atoms with Crippen molar-refractivity contribution < 1.29 is 9.59 Å². The lowest BCUT2D eigenvalue weighted by molar-refractivity contribution is -0.160. The van der Waals surface area contributed by atoms with Gasteiger partial charge in [-0.25, -0.2) is 0 Å². The van der Waals surface area contributed by atoms with Gasteiger partial charge in [-0.2, -0.15) is 0 Å². The molecule has 1 saturated heterocycles. The van der Waals surface area contributed by atoms with Gasteiger partial charge in [0, 0.05) is 20.1 Å². The van der Waals surface area contributed by atoms with Crippen LogP contribution in [0.25, 0.3) is 0 Å². The van der Waals surface area contributed by atoms with E-state index in [1.165, 1.54) is 0 Å². The zero-order chi connectivity index (χ0) is 14.1. The van der Waals surface area contributed by atoms with Crippen LogP contribution in [0.5, 0.6) is 0 Å². The summed E-state index contributed by atoms with van der Waals surface area (Å²) in [4.78, 5) is 28.0. The minimum absolute atomic E-state index is 0.0309. The van der Waals surface area contributed by atoms with Gasteiger partial charge in [-0.15, -0.1) is 0 Å². The number of likely N-dealkylation sites (N-methyl/N-ethyl adjacent to an activating group) is 1. The molecule has 0 bridgehead atoms. The van der Waals surface area contributed by atoms with E-state index < -0.39 is 11.1 Å². The molecule has 1 aliphatic rings. The van der Waals surface area contributed by atoms with Crippen LogP contribution in [0.1, 0.15) is 40.5 Å². The van der Waals surface area contributed by atoms with Crippen molar-refractivity contribution in [3.63, 3.8) is 0 Å². The van der Waals surface area contributed by atoms with E-state index in [0.717, 1.165) is 0 Å². The summed E-state index contributed by atoms with van der Waals surface area (Å²) in [6, 6.07) is 0. The number of nitrogens with zero attached hydrogens (tertiary/aromatic N) is 2. The van der Waals surface area contributed by atoms with Crippen LogP contribution in [-0.4, -0.2) is 52.8 Å². The van der Waals surface area contributed by atoms with Crippen molar-refractivity contribution in [3.05, 3.63) is 0 Å². The van der Waals surface area contributed by atoms with Crippen LogP contribution in [0.15, 0.2) is 0 Å². The monoisotopic (exact) mass is 255 g/mol. The number of nitrogens with two attached hydrogens (primary N) is 1. The molecule has 1 fully saturated rings. The van der Waals surface area contributed by atoms with E-state index in [0.29, 0.717) is 25.9 Å². The fourth-order valence-corrected chi connectivity index (χ4v) is 2.39. The van der Waals surface area contributed by atoms with Crippen molar-refractivity contribution in [2.24, 2.45) is 5.73 Å². The summed E-state index contributed by atoms with van der Waals surface area (Å²) in [5, 5.41) is 0. The molecule has 0 aromatic carbocycles. The van der Waals surface area contributed by atoms with Crippen molar-refractivity contribution in [2.75, 3.05) is 20.1 Å². The number of hydrogen-bond acceptors (Lipinski definition) is 3. The van der Waals surface area contributed by atoms with Crippen molar-refractivity contribution in [3.8, 4) is 0 Å². The zero-order valence-corrected chi connectivity index (χ0v) is 12.1. The topological polar surface area (TPSA) is 66.6 Å². The summed E-state index contributed by atoms with van der Waals surface area (Å²) in [7, 11) is 1.77. The van der Waals surface area contributed by atoms with E-state index in [1.807, 2.05) is 13.8 Å². The maximum atomic E-state index is 12.6. The second kappa shape index (κ2) is 4.88. The first-order valence-electron chi connectivity index (χ1n) is 6.57. The minimum Gasteiger partial charge on any atom is -0.342 e. The summed E-state index contributed by atoms with van der Waals surface area (Å²) >= 11 is 0. The molecule has 0 radical (unpaired) electrons. The van der Waals surface area contributed by atoms with E-state index in [2.05, 4.69) is 0 Å². The van der Waals surface area contributed by atoms with Gasteiger partial charge in [0.15, 0.2) is 0 Å². The van der Waals surface area contributed by atoms with Crippen LogP contribution >= 0.6 is 0 Å². The zero-order valence-electron chi connectivity index (χ0n) is 12.1. The first-order chi connectivity index (χ1) is 8.20. The van der Waals surface area contributed by atoms with E-state index in [-0.39, 0.29) is 11.8 Å². The Labute approximate surface area is 109 Å². The maximum Gasteiger partial charge on any atom is 0.247 e. The maximum absolute atomic E-state index is 12.6. The minimum atomic E-state index is -0.854. The van der Waals surface area contributed by atoms with Crippen molar-refractivity contribution in [1.29, 1.82) is 0 Å². The van der Waals surface area contributed by atoms with Gasteiger partial charge in [0.05, 0.1) is 5.54 Å². The standard InChI is InChI=1S/C13H25N3O2/c1-6-13(14,7-2)11(18)16-9-8-15(5)10(17)12(16,3)4/h6-9,14H2,1-5H3. The Hall–Kier alpha value is -1.10. The van der Waals surface area contributed by atoms with Gasteiger partial charge in [-0.3, -0.25) is 9.59 Å². The van der Waals surface area contributed by atoms with Crippen molar-refractivity contribution in [2.45, 2.75) is 51.6 Å². The summed E-state index contributed by atoms with van der Waals surface area (Å²) < 4.78 is 0. The normalized spacial score (nSPS) is 20.2. The van der Waals surface area contributed by atoms with E-state index in [4.69, 9.17) is 5.73 Å². The van der Waals surface area contributed by atoms with Gasteiger partial charge >= 0.3 is 0 Å². The van der Waals surface area contributed by atoms with Crippen LogP contribution in [0.4, 0.5) is 0 Å². The highest BCUT2D eigenvalue weighted by Crippen LogP contribution is 2.26. The summed E-state index contributed by atoms with van der Waals surface area (Å²) in [6.45, 7) is 8.51. The van der Waals surface area contributed by atoms with Gasteiger partial charge < -0.3 is 15.5 Å². The summed E-state index contributed by atoms with van der Waals surface area (Å²) in [5.74, 6) is -0.143. The molecule has 1 heterocycles. The Morgan fingerprint density at radius 3 is 2.28 bits per heavy atom. The van der Waals surface area contributed by atoms with E-state index in [1.54, 1.807) is 30.7 Å². The van der Waals surface area contributed by atoms with Crippen LogP contribution in [-0.2, 0) is 9.59 Å². The fraction of sp³-hybridized carbons (Fsp3) is 0.846. The molecule has 0 aromatic rings. The van der Waals surface area contributed by atoms with Crippen molar-refractivity contribution >= 4 is 11.8 Å². The third kappa shape index (κ3) is 2.23. The third-order valence-corrected chi connectivity index (χ3v) is 4.14. The molecule has 0 unspecified atom stereocenters. The molecule has 18 heavy (non-hydrogen) atoms. The molecule has 104 valence electrons. The molecular weight excluding hydrogens is 230 g/mol. The van der Waals surface area contributed by atoms with Crippen LogP contribution in [0, 0.1) is 0 Å². The number of carbonyl (C=O) groups is 2. The van der Waals surface area contributed by atoms with Gasteiger partial charge in [-0.05, 0) is 26.7 Å². The van der Waals surface area contributed by atoms with E-state index >= 15 is 0 Å². The molecule has 0 aliphatic carbocycles. The molecule has 2 amide bonds. The van der Waals surface area contributed by atoms with Gasteiger partial charge in [0.1, 0.15) is 5.54 Å². The largest absolute Gasteiger partial charge is 0.342 e. The molecule has 1 rings (SSSR count). The van der Waals surface area contributed by atoms with Gasteiger partial charge in [0.25, 0.3) is 0 Å². The lowest BCUT2D eigenvalue weighted by Gasteiger charge is -2.47. The van der Waals surface area contributed by atoms with E-state index in [9.17, 15) is 9.59 Å². The summed E-state index contributed by atoms with van der Waals surface area (Å²) in [5.41, 5.74) is 4.50. The fourth-order valence-electron chi connectivity index (χ4n) is 2.39. The first-order valence-corrected chi connectivity index (χ1v) is 6.57. The molecule has 1 aliphatic heterocycles. The smallest absolute Gasteiger partial charge is 0.247 e. The molecule has 5 heteroatoms. The Bertz CT molecular complexity index is 348. The van der Waals surface area contributed by atoms with Crippen molar-refractivity contribution in [1.82, 2.24) is 9.80 Å². The Morgan fingerprint density at radius 1 is 1.33 bits per heavy atom. The first kappa shape index (κ1) is 15.0. The number of amides is 2. The molecular formula is C13H25N3O2. The lowest BCUT2D eigenvalue weighted by Crippen LogP contribution is -2.68. The van der Waals surface area contributed by atoms with Gasteiger partial charge in [0.2, 0.25) is 11.8 Å². The average molecular weight is 255 g/mol. The molecule has 0 aromatic heterocycles. The molecule has 0 saturated carbocycles. The van der Waals surface area contributed by atoms with Crippen LogP contribution in [0.3, 0.4) is 0 Å². The summed E-state index contributed by atoms with van der Waals surface area (Å²) in [6.07, 6.45) is 1.16. The number of rotatable bonds is 3. The number of hydrogen-bond donors (Lipinski definition) is 1. The van der Waals surface area contributed by atoms with Crippen LogP contribution in [0.2, 0.25) is 0 Å². The number of carbonyl (C=O) groups excluding carboxylic acids is 2. The molecule has 0 spiro atoms. The Morgan fingerprint density at radius 2 is 1.83 bits per heavy atom. The predicted molar refractivity (Wildman–Crippen MR) is 70.9 cm³/mol. The SMILES string of the molecule is CCC(N)(CC)C(=O)N1CCN(C)C(=O)C1(C)C. The number of piperazine rings is 1. The molecule has 2 N–H and O–H groups in total. The quantitative estimate of drug-likeness (QED) is 0.802. The Balaban J connectivity index is 3.03. The second-order valence-corrected chi connectivity index (χ2v) is 5.61. The predicted octanol–water partition coefficient (Wildman–Crippen LogP) is 0.583.